The second-order valence-corrected chi connectivity index (χ2v) is 7.88. The van der Waals surface area contributed by atoms with Gasteiger partial charge < -0.3 is 0 Å². The second-order valence-electron chi connectivity index (χ2n) is 7.88. The molecule has 1 nitrogen and oxygen atoms in total. The molecule has 0 aliphatic carbocycles. The second kappa shape index (κ2) is 9.34. The fraction of sp³-hybridized carbons (Fsp3) is 0.222. The van der Waals surface area contributed by atoms with Gasteiger partial charge in [-0.2, -0.15) is 0 Å². The van der Waals surface area contributed by atoms with E-state index in [1.807, 2.05) is 30.5 Å². The zero-order chi connectivity index (χ0) is 21.8. The van der Waals surface area contributed by atoms with E-state index in [1.165, 1.54) is 17.7 Å². The Kier molecular flexibility index (Phi) is 6.36. The molecular weight excluding hydrogens is 395 g/mol. The molecular formula is C27H24F3N. The van der Waals surface area contributed by atoms with Crippen molar-refractivity contribution in [1.82, 2.24) is 4.98 Å². The van der Waals surface area contributed by atoms with E-state index in [9.17, 15) is 8.78 Å². The van der Waals surface area contributed by atoms with Crippen LogP contribution in [0.1, 0.15) is 36.5 Å². The van der Waals surface area contributed by atoms with Crippen LogP contribution in [0.4, 0.5) is 13.2 Å². The summed E-state index contributed by atoms with van der Waals surface area (Å²) >= 11 is 0. The molecule has 0 aliphatic rings. The van der Waals surface area contributed by atoms with Gasteiger partial charge >= 0.3 is 0 Å². The highest BCUT2D eigenvalue weighted by Gasteiger charge is 2.10. The molecule has 4 aromatic rings. The Labute approximate surface area is 180 Å². The third-order valence-corrected chi connectivity index (χ3v) is 5.64. The molecule has 0 bridgehead atoms. The number of aryl methyl sites for hydroxylation is 3. The number of halogens is 3. The summed E-state index contributed by atoms with van der Waals surface area (Å²) in [7, 11) is 0. The van der Waals surface area contributed by atoms with Crippen molar-refractivity contribution in [2.75, 3.05) is 0 Å². The first-order valence-electron chi connectivity index (χ1n) is 10.7. The molecule has 0 spiro atoms. The van der Waals surface area contributed by atoms with Gasteiger partial charge in [-0.1, -0.05) is 49.7 Å². The number of nitrogens with zero attached hydrogens (tertiary/aromatic N) is 1. The Morgan fingerprint density at radius 1 is 0.742 bits per heavy atom. The van der Waals surface area contributed by atoms with Gasteiger partial charge in [-0.15, -0.1) is 0 Å². The van der Waals surface area contributed by atoms with Gasteiger partial charge in [-0.05, 0) is 72.0 Å². The number of pyridine rings is 1. The summed E-state index contributed by atoms with van der Waals surface area (Å²) < 4.78 is 41.5. The first-order chi connectivity index (χ1) is 15.0. The topological polar surface area (TPSA) is 12.9 Å². The van der Waals surface area contributed by atoms with Crippen molar-refractivity contribution < 1.29 is 13.2 Å². The average molecular weight is 419 g/mol. The predicted molar refractivity (Wildman–Crippen MR) is 120 cm³/mol. The standard InChI is InChI=1S/C27H24F3N/c1-2-3-4-19-7-14-26(31-17-19)22-11-12-23-21(16-22)10-9-20(27(23)30)8-5-18-6-13-24(28)25(29)15-18/h6-7,9-17H,2-5,8H2,1H3. The number of unbranched alkanes of at least 4 members (excludes halogenated alkanes) is 1. The lowest BCUT2D eigenvalue weighted by Crippen LogP contribution is -1.97. The van der Waals surface area contributed by atoms with Gasteiger partial charge in [0.1, 0.15) is 5.82 Å². The fourth-order valence-electron chi connectivity index (χ4n) is 3.79. The number of aromatic nitrogens is 1. The Hall–Kier alpha value is -3.14. The average Bonchev–Trinajstić information content (AvgIpc) is 2.79. The van der Waals surface area contributed by atoms with Crippen LogP contribution in [0.5, 0.6) is 0 Å². The molecule has 3 aromatic carbocycles. The molecule has 0 fully saturated rings. The highest BCUT2D eigenvalue weighted by molar-refractivity contribution is 5.88. The molecule has 0 saturated carbocycles. The summed E-state index contributed by atoms with van der Waals surface area (Å²) in [6, 6.07) is 17.2. The molecule has 1 aromatic heterocycles. The molecule has 0 N–H and O–H groups in total. The van der Waals surface area contributed by atoms with Crippen LogP contribution in [-0.2, 0) is 19.3 Å². The van der Waals surface area contributed by atoms with Crippen LogP contribution in [-0.4, -0.2) is 4.98 Å². The van der Waals surface area contributed by atoms with Crippen LogP contribution in [0.2, 0.25) is 0 Å². The lowest BCUT2D eigenvalue weighted by atomic mass is 9.98. The highest BCUT2D eigenvalue weighted by Crippen LogP contribution is 2.27. The lowest BCUT2D eigenvalue weighted by Gasteiger charge is -2.09. The molecule has 0 radical (unpaired) electrons. The van der Waals surface area contributed by atoms with Crippen molar-refractivity contribution in [1.29, 1.82) is 0 Å². The zero-order valence-electron chi connectivity index (χ0n) is 17.5. The fourth-order valence-corrected chi connectivity index (χ4v) is 3.79. The molecule has 0 unspecified atom stereocenters. The van der Waals surface area contributed by atoms with Crippen LogP contribution in [0.3, 0.4) is 0 Å². The molecule has 1 heterocycles. The largest absolute Gasteiger partial charge is 0.256 e. The zero-order valence-corrected chi connectivity index (χ0v) is 17.5. The monoisotopic (exact) mass is 419 g/mol. The molecule has 4 heteroatoms. The van der Waals surface area contributed by atoms with Crippen molar-refractivity contribution in [3.63, 3.8) is 0 Å². The van der Waals surface area contributed by atoms with E-state index in [0.717, 1.165) is 42.0 Å². The van der Waals surface area contributed by atoms with E-state index >= 15 is 4.39 Å². The molecule has 0 aliphatic heterocycles. The van der Waals surface area contributed by atoms with Crippen molar-refractivity contribution in [2.24, 2.45) is 0 Å². The summed E-state index contributed by atoms with van der Waals surface area (Å²) in [5.74, 6) is -2.02. The van der Waals surface area contributed by atoms with E-state index in [0.29, 0.717) is 29.4 Å². The maximum Gasteiger partial charge on any atom is 0.159 e. The van der Waals surface area contributed by atoms with Gasteiger partial charge in [0, 0.05) is 17.1 Å². The molecule has 0 saturated heterocycles. The minimum Gasteiger partial charge on any atom is -0.256 e. The van der Waals surface area contributed by atoms with Crippen LogP contribution in [0, 0.1) is 17.5 Å². The Morgan fingerprint density at radius 3 is 2.32 bits per heavy atom. The van der Waals surface area contributed by atoms with Crippen molar-refractivity contribution in [2.45, 2.75) is 39.0 Å². The van der Waals surface area contributed by atoms with Gasteiger partial charge in [0.15, 0.2) is 11.6 Å². The molecule has 4 rings (SSSR count). The van der Waals surface area contributed by atoms with Crippen molar-refractivity contribution >= 4 is 10.8 Å². The number of hydrogen-bond donors (Lipinski definition) is 0. The van der Waals surface area contributed by atoms with Crippen LogP contribution in [0.25, 0.3) is 22.0 Å². The smallest absolute Gasteiger partial charge is 0.159 e. The van der Waals surface area contributed by atoms with E-state index in [1.54, 1.807) is 12.1 Å². The van der Waals surface area contributed by atoms with Gasteiger partial charge in [0.2, 0.25) is 0 Å². The van der Waals surface area contributed by atoms with E-state index < -0.39 is 11.6 Å². The molecule has 31 heavy (non-hydrogen) atoms. The number of hydrogen-bond acceptors (Lipinski definition) is 1. The number of fused-ring (bicyclic) bond motifs is 1. The minimum atomic E-state index is -0.879. The highest BCUT2D eigenvalue weighted by atomic mass is 19.2. The van der Waals surface area contributed by atoms with E-state index in [-0.39, 0.29) is 5.82 Å². The van der Waals surface area contributed by atoms with Crippen LogP contribution >= 0.6 is 0 Å². The predicted octanol–water partition coefficient (Wildman–Crippen LogP) is 7.45. The Balaban J connectivity index is 1.54. The van der Waals surface area contributed by atoms with Gasteiger partial charge in [-0.3, -0.25) is 4.98 Å². The van der Waals surface area contributed by atoms with Crippen LogP contribution < -0.4 is 0 Å². The SMILES string of the molecule is CCCCc1ccc(-c2ccc3c(F)c(CCc4ccc(F)c(F)c4)ccc3c2)nc1. The third kappa shape index (κ3) is 4.79. The van der Waals surface area contributed by atoms with Gasteiger partial charge in [-0.25, -0.2) is 13.2 Å². The normalized spacial score (nSPS) is 11.2. The summed E-state index contributed by atoms with van der Waals surface area (Å²) in [6.07, 6.45) is 6.09. The summed E-state index contributed by atoms with van der Waals surface area (Å²) in [5, 5.41) is 1.36. The Morgan fingerprint density at radius 2 is 1.58 bits per heavy atom. The van der Waals surface area contributed by atoms with Crippen molar-refractivity contribution in [3.05, 3.63) is 101 Å². The first-order valence-corrected chi connectivity index (χ1v) is 10.7. The lowest BCUT2D eigenvalue weighted by molar-refractivity contribution is 0.507. The Bertz CT molecular complexity index is 1200. The molecule has 0 atom stereocenters. The summed E-state index contributed by atoms with van der Waals surface area (Å²) in [4.78, 5) is 4.57. The minimum absolute atomic E-state index is 0.269. The third-order valence-electron chi connectivity index (χ3n) is 5.64. The molecule has 0 amide bonds. The maximum absolute atomic E-state index is 15.1. The van der Waals surface area contributed by atoms with E-state index in [4.69, 9.17) is 0 Å². The number of benzene rings is 3. The summed E-state index contributed by atoms with van der Waals surface area (Å²) in [6.45, 7) is 2.17. The van der Waals surface area contributed by atoms with Gasteiger partial charge in [0.25, 0.3) is 0 Å². The quantitative estimate of drug-likeness (QED) is 0.303. The maximum atomic E-state index is 15.1. The number of rotatable bonds is 7. The van der Waals surface area contributed by atoms with Crippen LogP contribution in [0.15, 0.2) is 66.9 Å². The first kappa shape index (κ1) is 21.1. The van der Waals surface area contributed by atoms with E-state index in [2.05, 4.69) is 18.0 Å². The van der Waals surface area contributed by atoms with Gasteiger partial charge in [0.05, 0.1) is 5.69 Å². The summed E-state index contributed by atoms with van der Waals surface area (Å²) in [5.41, 5.74) is 4.24. The van der Waals surface area contributed by atoms with Crippen molar-refractivity contribution in [3.8, 4) is 11.3 Å². The molecule has 158 valence electrons.